The summed E-state index contributed by atoms with van der Waals surface area (Å²) >= 11 is 6.24. The fourth-order valence-corrected chi connectivity index (χ4v) is 2.64. The topological polar surface area (TPSA) is 86.5 Å². The fourth-order valence-electron chi connectivity index (χ4n) is 2.42. The van der Waals surface area contributed by atoms with E-state index in [1.54, 1.807) is 19.1 Å². The quantitative estimate of drug-likeness (QED) is 0.876. The molecule has 0 fully saturated rings. The Balaban J connectivity index is 1.65. The molecule has 1 aromatic heterocycles. The Morgan fingerprint density at radius 3 is 2.44 bits per heavy atom. The van der Waals surface area contributed by atoms with Gasteiger partial charge in [0.1, 0.15) is 19.3 Å². The average Bonchev–Trinajstić information content (AvgIpc) is 3.06. The number of benzene rings is 1. The predicted molar refractivity (Wildman–Crippen MR) is 91.1 cm³/mol. The van der Waals surface area contributed by atoms with Crippen molar-refractivity contribution in [1.82, 2.24) is 15.5 Å². The van der Waals surface area contributed by atoms with E-state index in [0.29, 0.717) is 47.1 Å². The van der Waals surface area contributed by atoms with Gasteiger partial charge in [-0.05, 0) is 18.6 Å². The summed E-state index contributed by atoms with van der Waals surface area (Å²) < 4.78 is 16.6. The van der Waals surface area contributed by atoms with E-state index in [2.05, 4.69) is 15.5 Å². The summed E-state index contributed by atoms with van der Waals surface area (Å²) in [5.41, 5.74) is 0.670. The number of hydrogen-bond acceptors (Lipinski definition) is 6. The lowest BCUT2D eigenvalue weighted by Crippen LogP contribution is -2.28. The van der Waals surface area contributed by atoms with Gasteiger partial charge in [-0.25, -0.2) is 0 Å². The molecule has 25 heavy (non-hydrogen) atoms. The van der Waals surface area contributed by atoms with Crippen molar-refractivity contribution >= 4 is 17.5 Å². The molecule has 1 aliphatic heterocycles. The Labute approximate surface area is 150 Å². The molecule has 2 aromatic rings. The third-order valence-electron chi connectivity index (χ3n) is 3.76. The first-order valence-corrected chi connectivity index (χ1v) is 8.52. The molecule has 0 aliphatic carbocycles. The summed E-state index contributed by atoms with van der Waals surface area (Å²) in [7, 11) is 0. The van der Waals surface area contributed by atoms with E-state index >= 15 is 0 Å². The van der Waals surface area contributed by atoms with Crippen molar-refractivity contribution in [3.63, 3.8) is 0 Å². The molecule has 8 heteroatoms. The summed E-state index contributed by atoms with van der Waals surface area (Å²) in [4.78, 5) is 12.3. The molecular weight excluding hydrogens is 346 g/mol. The Hall–Kier alpha value is -2.28. The van der Waals surface area contributed by atoms with Crippen molar-refractivity contribution in [2.75, 3.05) is 13.2 Å². The van der Waals surface area contributed by atoms with Gasteiger partial charge in [0.05, 0.1) is 6.42 Å². The van der Waals surface area contributed by atoms with Crippen LogP contribution in [0.1, 0.15) is 50.1 Å². The highest BCUT2D eigenvalue weighted by atomic mass is 35.5. The van der Waals surface area contributed by atoms with Gasteiger partial charge in [-0.3, -0.25) is 4.79 Å². The van der Waals surface area contributed by atoms with E-state index in [9.17, 15) is 4.79 Å². The van der Waals surface area contributed by atoms with Gasteiger partial charge in [0.2, 0.25) is 17.7 Å². The second-order valence-corrected chi connectivity index (χ2v) is 6.59. The number of carbonyl (C=O) groups is 1. The zero-order valence-electron chi connectivity index (χ0n) is 14.3. The second-order valence-electron chi connectivity index (χ2n) is 6.19. The molecule has 1 N–H and O–H groups in total. The van der Waals surface area contributed by atoms with E-state index in [4.69, 9.17) is 25.5 Å². The van der Waals surface area contributed by atoms with Crippen molar-refractivity contribution in [3.8, 4) is 11.5 Å². The van der Waals surface area contributed by atoms with Crippen molar-refractivity contribution in [3.05, 3.63) is 34.5 Å². The number of nitrogens with zero attached hydrogens (tertiary/aromatic N) is 2. The average molecular weight is 366 g/mol. The molecule has 0 spiro atoms. The molecule has 0 bridgehead atoms. The molecule has 1 aliphatic rings. The highest BCUT2D eigenvalue weighted by Gasteiger charge is 2.20. The number of aromatic nitrogens is 2. The zero-order valence-corrected chi connectivity index (χ0v) is 15.1. The highest BCUT2D eigenvalue weighted by molar-refractivity contribution is 6.31. The molecule has 0 unspecified atom stereocenters. The van der Waals surface area contributed by atoms with Gasteiger partial charge in [0, 0.05) is 17.0 Å². The van der Waals surface area contributed by atoms with Crippen LogP contribution in [0, 0.1) is 0 Å². The summed E-state index contributed by atoms with van der Waals surface area (Å²) in [6.07, 6.45) is 0.116. The molecule has 0 saturated heterocycles. The van der Waals surface area contributed by atoms with Crippen molar-refractivity contribution in [2.45, 2.75) is 39.2 Å². The maximum Gasteiger partial charge on any atom is 0.238 e. The van der Waals surface area contributed by atoms with Crippen LogP contribution in [0.4, 0.5) is 0 Å². The van der Waals surface area contributed by atoms with Crippen molar-refractivity contribution in [2.24, 2.45) is 0 Å². The van der Waals surface area contributed by atoms with Crippen molar-refractivity contribution < 1.29 is 18.7 Å². The van der Waals surface area contributed by atoms with Crippen LogP contribution >= 0.6 is 11.6 Å². The minimum Gasteiger partial charge on any atom is -0.486 e. The molecule has 2 heterocycles. The molecule has 1 atom stereocenters. The van der Waals surface area contributed by atoms with Gasteiger partial charge in [0.25, 0.3) is 0 Å². The first-order chi connectivity index (χ1) is 11.9. The molecule has 0 radical (unpaired) electrons. The first-order valence-electron chi connectivity index (χ1n) is 8.14. The maximum absolute atomic E-state index is 12.3. The van der Waals surface area contributed by atoms with Crippen LogP contribution in [0.15, 0.2) is 16.5 Å². The number of carbonyl (C=O) groups excluding carboxylic acids is 1. The number of halogens is 1. The molecule has 134 valence electrons. The summed E-state index contributed by atoms with van der Waals surface area (Å²) in [5, 5.41) is 11.3. The fraction of sp³-hybridized carbons (Fsp3) is 0.471. The summed E-state index contributed by atoms with van der Waals surface area (Å²) in [6, 6.07) is 3.03. The largest absolute Gasteiger partial charge is 0.486 e. The van der Waals surface area contributed by atoms with Gasteiger partial charge in [-0.2, -0.15) is 0 Å². The van der Waals surface area contributed by atoms with Crippen LogP contribution in [-0.2, 0) is 11.2 Å². The van der Waals surface area contributed by atoms with Crippen LogP contribution in [0.25, 0.3) is 0 Å². The number of nitrogens with one attached hydrogen (secondary N) is 1. The van der Waals surface area contributed by atoms with E-state index in [0.717, 1.165) is 0 Å². The first kappa shape index (κ1) is 17.5. The van der Waals surface area contributed by atoms with E-state index < -0.39 is 0 Å². The summed E-state index contributed by atoms with van der Waals surface area (Å²) in [5.74, 6) is 2.07. The van der Waals surface area contributed by atoms with Gasteiger partial charge in [-0.1, -0.05) is 25.4 Å². The smallest absolute Gasteiger partial charge is 0.238 e. The lowest BCUT2D eigenvalue weighted by molar-refractivity contribution is -0.121. The minimum absolute atomic E-state index is 0.116. The third kappa shape index (κ3) is 4.04. The Morgan fingerprint density at radius 1 is 1.16 bits per heavy atom. The number of fused-ring (bicyclic) bond motifs is 1. The van der Waals surface area contributed by atoms with Crippen molar-refractivity contribution in [1.29, 1.82) is 0 Å². The standard InChI is InChI=1S/C17H20ClN3O4/c1-9(2)16-20-21-17(25-16)10(3)19-15(22)7-11-6-13-14(8-12(11)18)24-5-4-23-13/h6,8-10H,4-5,7H2,1-3H3,(H,19,22)/t10-/m1/s1. The number of ether oxygens (including phenoxy) is 2. The lowest BCUT2D eigenvalue weighted by atomic mass is 10.1. The minimum atomic E-state index is -0.386. The van der Waals surface area contributed by atoms with Gasteiger partial charge in [-0.15, -0.1) is 10.2 Å². The molecule has 0 saturated carbocycles. The Bertz CT molecular complexity index is 775. The van der Waals surface area contributed by atoms with Crippen LogP contribution in [0.3, 0.4) is 0 Å². The zero-order chi connectivity index (χ0) is 18.0. The normalized spacial score (nSPS) is 14.4. The maximum atomic E-state index is 12.3. The number of rotatable bonds is 5. The predicted octanol–water partition coefficient (Wildman–Crippen LogP) is 3.04. The molecule has 1 aromatic carbocycles. The van der Waals surface area contributed by atoms with Gasteiger partial charge < -0.3 is 19.2 Å². The van der Waals surface area contributed by atoms with E-state index in [1.807, 2.05) is 13.8 Å². The molecule has 1 amide bonds. The SMILES string of the molecule is CC(C)c1nnc([C@@H](C)NC(=O)Cc2cc3c(cc2Cl)OCCO3)o1. The highest BCUT2D eigenvalue weighted by Crippen LogP contribution is 2.35. The molecule has 3 rings (SSSR count). The van der Waals surface area contributed by atoms with E-state index in [1.165, 1.54) is 0 Å². The van der Waals surface area contributed by atoms with Crippen LogP contribution in [-0.4, -0.2) is 29.3 Å². The third-order valence-corrected chi connectivity index (χ3v) is 4.11. The van der Waals surface area contributed by atoms with Crippen LogP contribution in [0.5, 0.6) is 11.5 Å². The Kier molecular flexibility index (Phi) is 5.13. The number of amides is 1. The Morgan fingerprint density at radius 2 is 1.80 bits per heavy atom. The van der Waals surface area contributed by atoms with Gasteiger partial charge >= 0.3 is 0 Å². The monoisotopic (exact) mass is 365 g/mol. The van der Waals surface area contributed by atoms with E-state index in [-0.39, 0.29) is 24.3 Å². The molecular formula is C17H20ClN3O4. The van der Waals surface area contributed by atoms with Crippen LogP contribution < -0.4 is 14.8 Å². The van der Waals surface area contributed by atoms with Crippen LogP contribution in [0.2, 0.25) is 5.02 Å². The second kappa shape index (κ2) is 7.31. The summed E-state index contributed by atoms with van der Waals surface area (Å²) in [6.45, 7) is 6.69. The number of hydrogen-bond donors (Lipinski definition) is 1. The van der Waals surface area contributed by atoms with Gasteiger partial charge in [0.15, 0.2) is 11.5 Å². The molecule has 7 nitrogen and oxygen atoms in total. The lowest BCUT2D eigenvalue weighted by Gasteiger charge is -2.20.